The number of thiocarbonyl (C=S) groups is 1. The van der Waals surface area contributed by atoms with Gasteiger partial charge in [0.1, 0.15) is 0 Å². The lowest BCUT2D eigenvalue weighted by Crippen LogP contribution is -2.53. The zero-order chi connectivity index (χ0) is 12.5. The SMILES string of the molecule is O=C(NNC(=S)N[C@@H]1C[C@H]2CC[C@H]1C2)NC1CC1. The lowest BCUT2D eigenvalue weighted by Gasteiger charge is -2.24. The summed E-state index contributed by atoms with van der Waals surface area (Å²) in [7, 11) is 0. The molecule has 5 nitrogen and oxygen atoms in total. The number of rotatable bonds is 2. The molecule has 3 aliphatic carbocycles. The van der Waals surface area contributed by atoms with Crippen molar-refractivity contribution in [2.24, 2.45) is 11.8 Å². The summed E-state index contributed by atoms with van der Waals surface area (Å²) in [5.74, 6) is 1.66. The van der Waals surface area contributed by atoms with E-state index in [1.54, 1.807) is 0 Å². The van der Waals surface area contributed by atoms with E-state index in [9.17, 15) is 4.79 Å². The minimum atomic E-state index is -0.199. The Labute approximate surface area is 112 Å². The Hall–Kier alpha value is -1.04. The van der Waals surface area contributed by atoms with Crippen molar-refractivity contribution in [3.8, 4) is 0 Å². The minimum Gasteiger partial charge on any atom is -0.358 e. The smallest absolute Gasteiger partial charge is 0.333 e. The molecule has 2 bridgehead atoms. The number of nitrogens with one attached hydrogen (secondary N) is 4. The van der Waals surface area contributed by atoms with E-state index in [1.807, 2.05) is 0 Å². The summed E-state index contributed by atoms with van der Waals surface area (Å²) in [6.45, 7) is 0. The van der Waals surface area contributed by atoms with Gasteiger partial charge >= 0.3 is 6.03 Å². The minimum absolute atomic E-state index is 0.199. The Morgan fingerprint density at radius 2 is 1.83 bits per heavy atom. The topological polar surface area (TPSA) is 65.2 Å². The summed E-state index contributed by atoms with van der Waals surface area (Å²) in [5, 5.41) is 6.67. The summed E-state index contributed by atoms with van der Waals surface area (Å²) in [6.07, 6.45) is 7.44. The first kappa shape index (κ1) is 12.0. The van der Waals surface area contributed by atoms with Gasteiger partial charge in [-0.05, 0) is 56.2 Å². The molecule has 0 saturated heterocycles. The van der Waals surface area contributed by atoms with Crippen LogP contribution in [0.2, 0.25) is 0 Å². The molecule has 18 heavy (non-hydrogen) atoms. The Bertz CT molecular complexity index is 358. The number of hydrazine groups is 1. The van der Waals surface area contributed by atoms with Gasteiger partial charge in [0.25, 0.3) is 0 Å². The highest BCUT2D eigenvalue weighted by molar-refractivity contribution is 7.80. The summed E-state index contributed by atoms with van der Waals surface area (Å²) in [6, 6.07) is 0.658. The first-order valence-corrected chi connectivity index (χ1v) is 7.24. The van der Waals surface area contributed by atoms with Crippen molar-refractivity contribution in [1.29, 1.82) is 0 Å². The third-order valence-corrected chi connectivity index (χ3v) is 4.48. The first-order valence-electron chi connectivity index (χ1n) is 6.83. The van der Waals surface area contributed by atoms with Gasteiger partial charge in [0.15, 0.2) is 5.11 Å². The molecule has 0 radical (unpaired) electrons. The fourth-order valence-corrected chi connectivity index (χ4v) is 3.39. The number of urea groups is 1. The number of carbonyl (C=O) groups excluding carboxylic acids is 1. The molecule has 3 aliphatic rings. The summed E-state index contributed by atoms with van der Waals surface area (Å²) < 4.78 is 0. The molecule has 3 rings (SSSR count). The van der Waals surface area contributed by atoms with E-state index in [0.29, 0.717) is 17.2 Å². The second-order valence-corrected chi connectivity index (χ2v) is 6.16. The van der Waals surface area contributed by atoms with E-state index >= 15 is 0 Å². The summed E-state index contributed by atoms with van der Waals surface area (Å²) >= 11 is 5.19. The zero-order valence-electron chi connectivity index (χ0n) is 10.4. The van der Waals surface area contributed by atoms with Gasteiger partial charge in [0.2, 0.25) is 0 Å². The molecule has 0 heterocycles. The monoisotopic (exact) mass is 268 g/mol. The van der Waals surface area contributed by atoms with Crippen molar-refractivity contribution < 1.29 is 4.79 Å². The largest absolute Gasteiger partial charge is 0.358 e. The fourth-order valence-electron chi connectivity index (χ4n) is 3.19. The molecule has 0 spiro atoms. The molecule has 0 unspecified atom stereocenters. The van der Waals surface area contributed by atoms with Crippen LogP contribution in [0, 0.1) is 11.8 Å². The Kier molecular flexibility index (Phi) is 3.28. The maximum Gasteiger partial charge on any atom is 0.333 e. The van der Waals surface area contributed by atoms with Gasteiger partial charge in [0, 0.05) is 12.1 Å². The van der Waals surface area contributed by atoms with Gasteiger partial charge in [-0.3, -0.25) is 5.43 Å². The third kappa shape index (κ3) is 2.85. The lowest BCUT2D eigenvalue weighted by molar-refractivity contribution is 0.238. The van der Waals surface area contributed by atoms with Crippen LogP contribution in [0.3, 0.4) is 0 Å². The molecule has 0 aromatic heterocycles. The molecule has 3 fully saturated rings. The van der Waals surface area contributed by atoms with E-state index in [-0.39, 0.29) is 6.03 Å². The van der Waals surface area contributed by atoms with Gasteiger partial charge in [0.05, 0.1) is 0 Å². The van der Waals surface area contributed by atoms with Crippen LogP contribution < -0.4 is 21.5 Å². The molecule has 6 heteroatoms. The van der Waals surface area contributed by atoms with Crippen LogP contribution in [0.25, 0.3) is 0 Å². The highest BCUT2D eigenvalue weighted by Gasteiger charge is 2.39. The maximum atomic E-state index is 11.4. The van der Waals surface area contributed by atoms with Crippen molar-refractivity contribution in [1.82, 2.24) is 21.5 Å². The number of amides is 2. The van der Waals surface area contributed by atoms with E-state index < -0.39 is 0 Å². The predicted octanol–water partition coefficient (Wildman–Crippen LogP) is 1.02. The molecular weight excluding hydrogens is 248 g/mol. The number of carbonyl (C=O) groups is 1. The summed E-state index contributed by atoms with van der Waals surface area (Å²) in [4.78, 5) is 11.4. The van der Waals surface area contributed by atoms with Crippen LogP contribution in [0.1, 0.15) is 38.5 Å². The molecule has 0 aromatic carbocycles. The van der Waals surface area contributed by atoms with E-state index in [0.717, 1.165) is 24.7 Å². The van der Waals surface area contributed by atoms with Crippen LogP contribution in [0.15, 0.2) is 0 Å². The molecule has 4 N–H and O–H groups in total. The first-order chi connectivity index (χ1) is 8.70. The standard InChI is InChI=1S/C12H20N4OS/c17-11(13-9-3-4-9)15-16-12(18)14-10-6-7-1-2-8(10)5-7/h7-10H,1-6H2,(H2,13,15,17)(H2,14,16,18)/t7-,8-,10+/m0/s1. The fraction of sp³-hybridized carbons (Fsp3) is 0.833. The molecule has 3 saturated carbocycles. The van der Waals surface area contributed by atoms with Gasteiger partial charge in [-0.15, -0.1) is 0 Å². The Balaban J connectivity index is 1.35. The highest BCUT2D eigenvalue weighted by Crippen LogP contribution is 2.44. The van der Waals surface area contributed by atoms with Gasteiger partial charge in [-0.25, -0.2) is 10.2 Å². The van der Waals surface area contributed by atoms with Crippen LogP contribution >= 0.6 is 12.2 Å². The third-order valence-electron chi connectivity index (χ3n) is 4.26. The van der Waals surface area contributed by atoms with Crippen molar-refractivity contribution in [3.05, 3.63) is 0 Å². The van der Waals surface area contributed by atoms with Crippen molar-refractivity contribution in [3.63, 3.8) is 0 Å². The maximum absolute atomic E-state index is 11.4. The molecular formula is C12H20N4OS. The van der Waals surface area contributed by atoms with Crippen molar-refractivity contribution in [2.75, 3.05) is 0 Å². The van der Waals surface area contributed by atoms with Crippen LogP contribution in [-0.4, -0.2) is 23.2 Å². The average molecular weight is 268 g/mol. The average Bonchev–Trinajstić information content (AvgIpc) is 2.90. The number of hydrogen-bond acceptors (Lipinski definition) is 2. The normalized spacial score (nSPS) is 33.0. The van der Waals surface area contributed by atoms with Gasteiger partial charge < -0.3 is 10.6 Å². The summed E-state index contributed by atoms with van der Waals surface area (Å²) in [5.41, 5.74) is 5.33. The van der Waals surface area contributed by atoms with Crippen LogP contribution in [-0.2, 0) is 0 Å². The quantitative estimate of drug-likeness (QED) is 0.446. The second kappa shape index (κ2) is 4.91. The van der Waals surface area contributed by atoms with Gasteiger partial charge in [-0.2, -0.15) is 0 Å². The zero-order valence-corrected chi connectivity index (χ0v) is 11.2. The Morgan fingerprint density at radius 1 is 1.00 bits per heavy atom. The molecule has 0 aliphatic heterocycles. The van der Waals surface area contributed by atoms with E-state index in [2.05, 4.69) is 21.5 Å². The second-order valence-electron chi connectivity index (χ2n) is 5.75. The Morgan fingerprint density at radius 3 is 2.44 bits per heavy atom. The number of fused-ring (bicyclic) bond motifs is 2. The van der Waals surface area contributed by atoms with Gasteiger partial charge in [-0.1, -0.05) is 6.42 Å². The van der Waals surface area contributed by atoms with E-state index in [4.69, 9.17) is 12.2 Å². The predicted molar refractivity (Wildman–Crippen MR) is 72.8 cm³/mol. The molecule has 100 valence electrons. The van der Waals surface area contributed by atoms with Crippen LogP contribution in [0.5, 0.6) is 0 Å². The van der Waals surface area contributed by atoms with Crippen LogP contribution in [0.4, 0.5) is 4.79 Å². The highest BCUT2D eigenvalue weighted by atomic mass is 32.1. The molecule has 0 aromatic rings. The van der Waals surface area contributed by atoms with Crippen molar-refractivity contribution >= 4 is 23.4 Å². The van der Waals surface area contributed by atoms with Crippen molar-refractivity contribution in [2.45, 2.75) is 50.6 Å². The molecule has 2 amide bonds. The number of hydrogen-bond donors (Lipinski definition) is 4. The lowest BCUT2D eigenvalue weighted by atomic mass is 9.96. The van der Waals surface area contributed by atoms with E-state index in [1.165, 1.54) is 25.7 Å². The molecule has 3 atom stereocenters.